The van der Waals surface area contributed by atoms with E-state index in [4.69, 9.17) is 5.11 Å². The summed E-state index contributed by atoms with van der Waals surface area (Å²) in [6.07, 6.45) is -0.394. The minimum atomic E-state index is -1.63. The number of Topliss-reactive ketones (excluding diaryl/α,β-unsaturated/α-hetero) is 1. The van der Waals surface area contributed by atoms with Crippen molar-refractivity contribution in [3.05, 3.63) is 35.1 Å². The van der Waals surface area contributed by atoms with Gasteiger partial charge in [0.25, 0.3) is 0 Å². The molecule has 1 unspecified atom stereocenters. The van der Waals surface area contributed by atoms with Gasteiger partial charge in [-0.3, -0.25) is 9.59 Å². The fraction of sp³-hybridized carbons (Fsp3) is 0.333. The standard InChI is InChI=1S/C12H11F3O3/c1-6(3-11(17)18)2-10(16)7-4-8(13)12(15)9(14)5-7/h4-6H,2-3H2,1H3,(H,17,18). The van der Waals surface area contributed by atoms with E-state index in [1.165, 1.54) is 6.92 Å². The fourth-order valence-electron chi connectivity index (χ4n) is 1.52. The van der Waals surface area contributed by atoms with Crippen LogP contribution in [0.3, 0.4) is 0 Å². The topological polar surface area (TPSA) is 54.4 Å². The molecular weight excluding hydrogens is 249 g/mol. The van der Waals surface area contributed by atoms with E-state index in [1.807, 2.05) is 0 Å². The number of benzene rings is 1. The molecule has 98 valence electrons. The SMILES string of the molecule is CC(CC(=O)O)CC(=O)c1cc(F)c(F)c(F)c1. The Hall–Kier alpha value is -1.85. The van der Waals surface area contributed by atoms with Gasteiger partial charge >= 0.3 is 5.97 Å². The number of carbonyl (C=O) groups is 2. The number of hydrogen-bond donors (Lipinski definition) is 1. The first-order valence-corrected chi connectivity index (χ1v) is 5.20. The van der Waals surface area contributed by atoms with Crippen LogP contribution in [-0.2, 0) is 4.79 Å². The summed E-state index contributed by atoms with van der Waals surface area (Å²) in [5, 5.41) is 8.51. The summed E-state index contributed by atoms with van der Waals surface area (Å²) in [6.45, 7) is 1.53. The summed E-state index contributed by atoms with van der Waals surface area (Å²) in [5.41, 5.74) is -0.302. The number of hydrogen-bond acceptors (Lipinski definition) is 2. The van der Waals surface area contributed by atoms with E-state index in [2.05, 4.69) is 0 Å². The van der Waals surface area contributed by atoms with E-state index in [0.29, 0.717) is 12.1 Å². The van der Waals surface area contributed by atoms with Crippen LogP contribution >= 0.6 is 0 Å². The molecule has 0 bridgehead atoms. The Bertz CT molecular complexity index is 462. The lowest BCUT2D eigenvalue weighted by molar-refractivity contribution is -0.137. The Morgan fingerprint density at radius 1 is 1.17 bits per heavy atom. The van der Waals surface area contributed by atoms with Crippen molar-refractivity contribution in [1.29, 1.82) is 0 Å². The van der Waals surface area contributed by atoms with Gasteiger partial charge in [-0.15, -0.1) is 0 Å². The molecule has 1 N–H and O–H groups in total. The summed E-state index contributed by atoms with van der Waals surface area (Å²) in [4.78, 5) is 22.0. The highest BCUT2D eigenvalue weighted by atomic mass is 19.2. The van der Waals surface area contributed by atoms with E-state index >= 15 is 0 Å². The van der Waals surface area contributed by atoms with Gasteiger partial charge in [-0.05, 0) is 18.1 Å². The molecule has 0 saturated carbocycles. The van der Waals surface area contributed by atoms with Gasteiger partial charge in [0.05, 0.1) is 0 Å². The van der Waals surface area contributed by atoms with Gasteiger partial charge in [0, 0.05) is 18.4 Å². The predicted molar refractivity (Wildman–Crippen MR) is 56.7 cm³/mol. The number of carboxylic acids is 1. The maximum atomic E-state index is 12.9. The Labute approximate surface area is 101 Å². The van der Waals surface area contributed by atoms with Gasteiger partial charge in [-0.2, -0.15) is 0 Å². The molecule has 0 aliphatic rings. The lowest BCUT2D eigenvalue weighted by Crippen LogP contribution is -2.11. The Kier molecular flexibility index (Phi) is 4.47. The molecule has 0 aliphatic heterocycles. The van der Waals surface area contributed by atoms with Gasteiger partial charge in [0.15, 0.2) is 23.2 Å². The van der Waals surface area contributed by atoms with E-state index in [1.54, 1.807) is 0 Å². The van der Waals surface area contributed by atoms with E-state index in [-0.39, 0.29) is 18.4 Å². The van der Waals surface area contributed by atoms with Crippen LogP contribution in [0.5, 0.6) is 0 Å². The average Bonchev–Trinajstić information content (AvgIpc) is 2.23. The zero-order valence-electron chi connectivity index (χ0n) is 9.54. The van der Waals surface area contributed by atoms with E-state index in [0.717, 1.165) is 0 Å². The number of carbonyl (C=O) groups excluding carboxylic acids is 1. The molecule has 0 amide bonds. The van der Waals surface area contributed by atoms with E-state index in [9.17, 15) is 22.8 Å². The molecular formula is C12H11F3O3. The number of rotatable bonds is 5. The van der Waals surface area contributed by atoms with Crippen molar-refractivity contribution >= 4 is 11.8 Å². The molecule has 0 fully saturated rings. The third-order valence-electron chi connectivity index (χ3n) is 2.36. The molecule has 0 saturated heterocycles. The predicted octanol–water partition coefficient (Wildman–Crippen LogP) is 2.79. The highest BCUT2D eigenvalue weighted by Gasteiger charge is 2.18. The molecule has 1 rings (SSSR count). The van der Waals surface area contributed by atoms with Crippen molar-refractivity contribution < 1.29 is 27.9 Å². The van der Waals surface area contributed by atoms with Crippen LogP contribution in [0.2, 0.25) is 0 Å². The lowest BCUT2D eigenvalue weighted by atomic mass is 9.97. The zero-order valence-corrected chi connectivity index (χ0v) is 9.54. The van der Waals surface area contributed by atoms with Crippen LogP contribution in [0.1, 0.15) is 30.1 Å². The molecule has 0 aromatic heterocycles. The van der Waals surface area contributed by atoms with Crippen molar-refractivity contribution in [2.45, 2.75) is 19.8 Å². The highest BCUT2D eigenvalue weighted by molar-refractivity contribution is 5.96. The average molecular weight is 260 g/mol. The van der Waals surface area contributed by atoms with Crippen molar-refractivity contribution in [3.8, 4) is 0 Å². The third-order valence-corrected chi connectivity index (χ3v) is 2.36. The lowest BCUT2D eigenvalue weighted by Gasteiger charge is -2.08. The van der Waals surface area contributed by atoms with Crippen molar-refractivity contribution in [2.24, 2.45) is 5.92 Å². The molecule has 6 heteroatoms. The Morgan fingerprint density at radius 2 is 1.67 bits per heavy atom. The molecule has 1 atom stereocenters. The maximum absolute atomic E-state index is 12.9. The second-order valence-electron chi connectivity index (χ2n) is 4.08. The van der Waals surface area contributed by atoms with Gasteiger partial charge in [0.1, 0.15) is 0 Å². The quantitative estimate of drug-likeness (QED) is 0.654. The number of ketones is 1. The summed E-state index contributed by atoms with van der Waals surface area (Å²) < 4.78 is 38.4. The van der Waals surface area contributed by atoms with Crippen molar-refractivity contribution in [3.63, 3.8) is 0 Å². The molecule has 18 heavy (non-hydrogen) atoms. The normalized spacial score (nSPS) is 12.2. The minimum Gasteiger partial charge on any atom is -0.481 e. The summed E-state index contributed by atoms with van der Waals surface area (Å²) in [7, 11) is 0. The first-order chi connectivity index (χ1) is 8.31. The van der Waals surface area contributed by atoms with E-state index < -0.39 is 35.1 Å². The number of aliphatic carboxylic acids is 1. The van der Waals surface area contributed by atoms with Gasteiger partial charge < -0.3 is 5.11 Å². The smallest absolute Gasteiger partial charge is 0.303 e. The number of carboxylic acid groups (broad SMARTS) is 1. The first-order valence-electron chi connectivity index (χ1n) is 5.20. The highest BCUT2D eigenvalue weighted by Crippen LogP contribution is 2.17. The Balaban J connectivity index is 2.82. The largest absolute Gasteiger partial charge is 0.481 e. The summed E-state index contributed by atoms with van der Waals surface area (Å²) >= 11 is 0. The zero-order chi connectivity index (χ0) is 13.9. The monoisotopic (exact) mass is 260 g/mol. The maximum Gasteiger partial charge on any atom is 0.303 e. The van der Waals surface area contributed by atoms with Crippen LogP contribution < -0.4 is 0 Å². The number of halogens is 3. The summed E-state index contributed by atoms with van der Waals surface area (Å²) in [5.74, 6) is -6.67. The van der Waals surface area contributed by atoms with Crippen LogP contribution in [0.25, 0.3) is 0 Å². The van der Waals surface area contributed by atoms with Crippen molar-refractivity contribution in [1.82, 2.24) is 0 Å². The van der Waals surface area contributed by atoms with Crippen LogP contribution in [-0.4, -0.2) is 16.9 Å². The van der Waals surface area contributed by atoms with Gasteiger partial charge in [-0.25, -0.2) is 13.2 Å². The first kappa shape index (κ1) is 14.2. The van der Waals surface area contributed by atoms with Gasteiger partial charge in [0.2, 0.25) is 0 Å². The fourth-order valence-corrected chi connectivity index (χ4v) is 1.52. The van der Waals surface area contributed by atoms with Gasteiger partial charge in [-0.1, -0.05) is 6.92 Å². The van der Waals surface area contributed by atoms with Crippen molar-refractivity contribution in [2.75, 3.05) is 0 Å². The van der Waals surface area contributed by atoms with Crippen LogP contribution in [0.4, 0.5) is 13.2 Å². The second-order valence-corrected chi connectivity index (χ2v) is 4.08. The third kappa shape index (κ3) is 3.58. The minimum absolute atomic E-state index is 0.170. The van der Waals surface area contributed by atoms with Crippen LogP contribution in [0.15, 0.2) is 12.1 Å². The second kappa shape index (κ2) is 5.66. The molecule has 1 aromatic rings. The molecule has 0 heterocycles. The molecule has 1 aromatic carbocycles. The molecule has 0 radical (unpaired) electrons. The summed E-state index contributed by atoms with van der Waals surface area (Å²) in [6, 6.07) is 1.21. The molecule has 3 nitrogen and oxygen atoms in total. The van der Waals surface area contributed by atoms with Crippen LogP contribution in [0, 0.1) is 23.4 Å². The molecule has 0 aliphatic carbocycles. The Morgan fingerprint density at radius 3 is 2.11 bits per heavy atom. The molecule has 0 spiro atoms.